The summed E-state index contributed by atoms with van der Waals surface area (Å²) in [7, 11) is 1.70. The molecule has 0 aliphatic rings. The molecule has 0 bridgehead atoms. The van der Waals surface area contributed by atoms with Crippen molar-refractivity contribution < 1.29 is 34.8 Å². The molecular weight excluding hydrogens is 634 g/mol. The van der Waals surface area contributed by atoms with Crippen LogP contribution in [-0.2, 0) is 6.42 Å². The zero-order valence-corrected chi connectivity index (χ0v) is 28.3. The van der Waals surface area contributed by atoms with Gasteiger partial charge in [0.2, 0.25) is 0 Å². The molecule has 1 aromatic heterocycles. The van der Waals surface area contributed by atoms with Gasteiger partial charge in [0.05, 0.1) is 18.3 Å². The van der Waals surface area contributed by atoms with Crippen LogP contribution >= 0.6 is 0 Å². The van der Waals surface area contributed by atoms with E-state index in [0.29, 0.717) is 32.7 Å². The molecule has 0 aliphatic heterocycles. The molecule has 0 atom stereocenters. The second kappa shape index (κ2) is 16.0. The normalized spacial score (nSPS) is 11.0. The van der Waals surface area contributed by atoms with Gasteiger partial charge in [-0.15, -0.1) is 0 Å². The second-order valence-corrected chi connectivity index (χ2v) is 11.8. The standard InChI is InChI=1S/C23H16O6.C17H25N3O/c24-20-16(14-7-3-1-5-12(14)9-18(20)22(26)27)11-17-15-8-4-2-6-13(15)10-19(21(17)25)23(28)29;1-4-20(5-2)11-7-10-18-16-13-15(21-3)12-14-8-6-9-19-17(14)16/h1-10,24-25H,11H2,(H,26,27)(H,28,29);6,8-9,12-13,18H,4-5,7,10-11H2,1-3H3. The van der Waals surface area contributed by atoms with Gasteiger partial charge in [-0.25, -0.2) is 9.59 Å². The number of rotatable bonds is 12. The first-order valence-electron chi connectivity index (χ1n) is 16.5. The smallest absolute Gasteiger partial charge is 0.339 e. The Kier molecular flexibility index (Phi) is 11.4. The molecule has 0 saturated carbocycles. The summed E-state index contributed by atoms with van der Waals surface area (Å²) in [5.41, 5.74) is 2.16. The third kappa shape index (κ3) is 7.71. The van der Waals surface area contributed by atoms with E-state index in [1.54, 1.807) is 55.6 Å². The predicted molar refractivity (Wildman–Crippen MR) is 197 cm³/mol. The molecule has 0 spiro atoms. The summed E-state index contributed by atoms with van der Waals surface area (Å²) in [5, 5.41) is 47.4. The van der Waals surface area contributed by atoms with Crippen LogP contribution in [0.3, 0.4) is 0 Å². The van der Waals surface area contributed by atoms with Crippen LogP contribution in [0.5, 0.6) is 17.2 Å². The first-order valence-corrected chi connectivity index (χ1v) is 16.5. The van der Waals surface area contributed by atoms with Crippen LogP contribution in [0.2, 0.25) is 0 Å². The van der Waals surface area contributed by atoms with E-state index in [9.17, 15) is 30.0 Å². The van der Waals surface area contributed by atoms with E-state index < -0.39 is 23.4 Å². The van der Waals surface area contributed by atoms with Gasteiger partial charge in [-0.2, -0.15) is 0 Å². The molecule has 0 radical (unpaired) electrons. The van der Waals surface area contributed by atoms with Crippen molar-refractivity contribution in [2.24, 2.45) is 0 Å². The number of carbonyl (C=O) groups is 2. The van der Waals surface area contributed by atoms with Gasteiger partial charge in [-0.05, 0) is 71.9 Å². The van der Waals surface area contributed by atoms with Gasteiger partial charge in [-0.3, -0.25) is 4.98 Å². The van der Waals surface area contributed by atoms with Crippen molar-refractivity contribution in [1.82, 2.24) is 9.88 Å². The van der Waals surface area contributed by atoms with Crippen LogP contribution < -0.4 is 10.1 Å². The van der Waals surface area contributed by atoms with E-state index in [-0.39, 0.29) is 17.5 Å². The maximum absolute atomic E-state index is 11.6. The number of hydrogen-bond donors (Lipinski definition) is 5. The highest BCUT2D eigenvalue weighted by molar-refractivity contribution is 6.02. The number of pyridine rings is 1. The molecule has 5 N–H and O–H groups in total. The number of benzene rings is 5. The molecule has 0 saturated heterocycles. The third-order valence-electron chi connectivity index (χ3n) is 8.84. The van der Waals surface area contributed by atoms with Gasteiger partial charge in [0.25, 0.3) is 0 Å². The number of nitrogens with one attached hydrogen (secondary N) is 1. The summed E-state index contributed by atoms with van der Waals surface area (Å²) in [4.78, 5) is 30.1. The van der Waals surface area contributed by atoms with Crippen LogP contribution in [0.4, 0.5) is 5.69 Å². The molecule has 5 aromatic carbocycles. The quantitative estimate of drug-likeness (QED) is 0.0813. The Morgan fingerprint density at radius 3 is 1.82 bits per heavy atom. The number of aromatic carboxylic acids is 2. The number of phenols is 2. The number of fused-ring (bicyclic) bond motifs is 3. The zero-order valence-electron chi connectivity index (χ0n) is 28.3. The van der Waals surface area contributed by atoms with Crippen molar-refractivity contribution >= 4 is 50.1 Å². The molecule has 10 nitrogen and oxygen atoms in total. The number of carboxylic acid groups (broad SMARTS) is 2. The van der Waals surface area contributed by atoms with E-state index in [1.165, 1.54) is 12.1 Å². The summed E-state index contributed by atoms with van der Waals surface area (Å²) < 4.78 is 5.37. The zero-order chi connectivity index (χ0) is 35.8. The van der Waals surface area contributed by atoms with Gasteiger partial charge in [0.1, 0.15) is 28.4 Å². The highest BCUT2D eigenvalue weighted by Crippen LogP contribution is 2.39. The molecule has 10 heteroatoms. The highest BCUT2D eigenvalue weighted by atomic mass is 16.5. The van der Waals surface area contributed by atoms with Crippen LogP contribution in [0, 0.1) is 0 Å². The van der Waals surface area contributed by atoms with Crippen molar-refractivity contribution in [1.29, 1.82) is 0 Å². The summed E-state index contributed by atoms with van der Waals surface area (Å²) in [6, 6.07) is 24.8. The van der Waals surface area contributed by atoms with Gasteiger partial charge < -0.3 is 35.4 Å². The van der Waals surface area contributed by atoms with Gasteiger partial charge >= 0.3 is 11.9 Å². The van der Waals surface area contributed by atoms with Gasteiger partial charge in [-0.1, -0.05) is 68.4 Å². The fourth-order valence-electron chi connectivity index (χ4n) is 6.17. The van der Waals surface area contributed by atoms with E-state index in [1.807, 2.05) is 24.4 Å². The SMILES string of the molecule is CCN(CC)CCCNc1cc(OC)cc2cccnc12.O=C(O)c1cc2ccccc2c(Cc2c(O)c(C(=O)O)cc3ccccc23)c1O. The maximum atomic E-state index is 11.6. The lowest BCUT2D eigenvalue weighted by molar-refractivity contribution is 0.0682. The second-order valence-electron chi connectivity index (χ2n) is 11.8. The highest BCUT2D eigenvalue weighted by Gasteiger charge is 2.22. The Labute approximate surface area is 290 Å². The molecule has 1 heterocycles. The number of methoxy groups -OCH3 is 1. The Balaban J connectivity index is 0.000000205. The molecule has 0 amide bonds. The third-order valence-corrected chi connectivity index (χ3v) is 8.84. The Bertz CT molecular complexity index is 2060. The minimum atomic E-state index is -1.28. The largest absolute Gasteiger partial charge is 0.507 e. The van der Waals surface area contributed by atoms with Crippen molar-refractivity contribution in [2.45, 2.75) is 26.7 Å². The lowest BCUT2D eigenvalue weighted by Gasteiger charge is -2.18. The average molecular weight is 676 g/mol. The Morgan fingerprint density at radius 2 is 1.30 bits per heavy atom. The molecule has 0 unspecified atom stereocenters. The van der Waals surface area contributed by atoms with Crippen LogP contribution in [-0.4, -0.2) is 75.5 Å². The number of carboxylic acids is 2. The molecule has 0 fully saturated rings. The Morgan fingerprint density at radius 1 is 0.760 bits per heavy atom. The fraction of sp³-hybridized carbons (Fsp3) is 0.225. The number of ether oxygens (including phenoxy) is 1. The van der Waals surface area contributed by atoms with Crippen LogP contribution in [0.1, 0.15) is 52.1 Å². The average Bonchev–Trinajstić information content (AvgIpc) is 3.13. The lowest BCUT2D eigenvalue weighted by Crippen LogP contribution is -2.25. The monoisotopic (exact) mass is 675 g/mol. The molecular formula is C40H41N3O7. The van der Waals surface area contributed by atoms with Crippen LogP contribution in [0.15, 0.2) is 91.1 Å². The summed E-state index contributed by atoms with van der Waals surface area (Å²) in [5.74, 6) is -2.49. The van der Waals surface area contributed by atoms with Crippen LogP contribution in [0.25, 0.3) is 32.4 Å². The number of aromatic nitrogens is 1. The summed E-state index contributed by atoms with van der Waals surface area (Å²) >= 11 is 0. The number of anilines is 1. The molecule has 0 aliphatic carbocycles. The van der Waals surface area contributed by atoms with Crippen molar-refractivity contribution in [3.05, 3.63) is 113 Å². The van der Waals surface area contributed by atoms with Crippen molar-refractivity contribution in [2.75, 3.05) is 38.6 Å². The minimum Gasteiger partial charge on any atom is -0.507 e. The molecule has 50 heavy (non-hydrogen) atoms. The van der Waals surface area contributed by atoms with Gasteiger partial charge in [0.15, 0.2) is 0 Å². The number of aromatic hydroxyl groups is 2. The minimum absolute atomic E-state index is 0.0407. The fourth-order valence-corrected chi connectivity index (χ4v) is 6.17. The number of nitrogens with zero attached hydrogens (tertiary/aromatic N) is 2. The Hall–Kier alpha value is -5.87. The maximum Gasteiger partial charge on any atom is 0.339 e. The van der Waals surface area contributed by atoms with E-state index in [2.05, 4.69) is 35.1 Å². The lowest BCUT2D eigenvalue weighted by atomic mass is 9.90. The van der Waals surface area contributed by atoms with Crippen molar-refractivity contribution in [3.63, 3.8) is 0 Å². The topological polar surface area (TPSA) is 152 Å². The predicted octanol–water partition coefficient (Wildman–Crippen LogP) is 7.78. The van der Waals surface area contributed by atoms with E-state index >= 15 is 0 Å². The summed E-state index contributed by atoms with van der Waals surface area (Å²) in [6.07, 6.45) is 2.91. The first-order chi connectivity index (χ1) is 24.2. The first kappa shape index (κ1) is 35.4. The summed E-state index contributed by atoms with van der Waals surface area (Å²) in [6.45, 7) is 8.69. The number of hydrogen-bond acceptors (Lipinski definition) is 8. The van der Waals surface area contributed by atoms with E-state index in [4.69, 9.17) is 4.74 Å². The van der Waals surface area contributed by atoms with Crippen molar-refractivity contribution in [3.8, 4) is 17.2 Å². The molecule has 6 aromatic rings. The molecule has 6 rings (SSSR count). The van der Waals surface area contributed by atoms with E-state index in [0.717, 1.165) is 54.9 Å². The van der Waals surface area contributed by atoms with Gasteiger partial charge in [0, 0.05) is 41.7 Å². The molecule has 258 valence electrons.